The van der Waals surface area contributed by atoms with Crippen LogP contribution in [0.3, 0.4) is 0 Å². The van der Waals surface area contributed by atoms with Gasteiger partial charge < -0.3 is 14.5 Å². The molecule has 1 atom stereocenters. The van der Waals surface area contributed by atoms with E-state index in [1.807, 2.05) is 11.0 Å². The van der Waals surface area contributed by atoms with Crippen LogP contribution in [0.5, 0.6) is 0 Å². The van der Waals surface area contributed by atoms with Crippen molar-refractivity contribution in [2.24, 2.45) is 5.92 Å². The van der Waals surface area contributed by atoms with Gasteiger partial charge in [0.15, 0.2) is 0 Å². The summed E-state index contributed by atoms with van der Waals surface area (Å²) in [5, 5.41) is 9.20. The molecule has 1 amide bonds. The molecule has 1 aromatic rings. The smallest absolute Gasteiger partial charge is 0.227 e. The number of nitriles is 1. The second-order valence-corrected chi connectivity index (χ2v) is 5.81. The molecule has 0 radical (unpaired) electrons. The van der Waals surface area contributed by atoms with Crippen molar-refractivity contribution >= 4 is 11.6 Å². The number of nitrogens with zero attached hydrogens (tertiary/aromatic N) is 3. The third-order valence-electron chi connectivity index (χ3n) is 4.20. The lowest BCUT2D eigenvalue weighted by molar-refractivity contribution is -0.135. The van der Waals surface area contributed by atoms with Gasteiger partial charge in [-0.2, -0.15) is 5.26 Å². The van der Waals surface area contributed by atoms with Gasteiger partial charge in [0.1, 0.15) is 11.9 Å². The van der Waals surface area contributed by atoms with E-state index in [0.717, 1.165) is 19.4 Å². The van der Waals surface area contributed by atoms with Crippen molar-refractivity contribution in [2.45, 2.75) is 12.8 Å². The van der Waals surface area contributed by atoms with E-state index in [1.165, 1.54) is 12.1 Å². The van der Waals surface area contributed by atoms with Gasteiger partial charge in [-0.25, -0.2) is 4.39 Å². The molecule has 1 aliphatic rings. The van der Waals surface area contributed by atoms with Gasteiger partial charge in [0.05, 0.1) is 23.8 Å². The van der Waals surface area contributed by atoms with E-state index in [9.17, 15) is 14.4 Å². The van der Waals surface area contributed by atoms with Gasteiger partial charge in [-0.3, -0.25) is 4.79 Å². The summed E-state index contributed by atoms with van der Waals surface area (Å²) in [6, 6.07) is 6.25. The molecule has 1 fully saturated rings. The first-order chi connectivity index (χ1) is 11.1. The quantitative estimate of drug-likeness (QED) is 0.833. The number of anilines is 1. The number of hydrogen-bond donors (Lipinski definition) is 0. The predicted molar refractivity (Wildman–Crippen MR) is 85.6 cm³/mol. The molecule has 124 valence electrons. The molecular weight excluding hydrogens is 297 g/mol. The van der Waals surface area contributed by atoms with E-state index in [0.29, 0.717) is 30.9 Å². The van der Waals surface area contributed by atoms with Crippen LogP contribution in [0, 0.1) is 23.1 Å². The van der Waals surface area contributed by atoms with Crippen LogP contribution in [0.25, 0.3) is 0 Å². The van der Waals surface area contributed by atoms with E-state index >= 15 is 0 Å². The molecule has 2 rings (SSSR count). The molecule has 1 saturated heterocycles. The SMILES string of the molecule is COCCN(C)C(=O)[C@H]1CCCN(c2ccc(F)cc2C#N)C1. The van der Waals surface area contributed by atoms with Gasteiger partial charge in [-0.15, -0.1) is 0 Å². The average Bonchev–Trinajstić information content (AvgIpc) is 2.58. The van der Waals surface area contributed by atoms with Crippen LogP contribution in [0.2, 0.25) is 0 Å². The number of hydrogen-bond acceptors (Lipinski definition) is 4. The Labute approximate surface area is 136 Å². The molecule has 1 aliphatic heterocycles. The van der Waals surface area contributed by atoms with Gasteiger partial charge in [0.2, 0.25) is 5.91 Å². The van der Waals surface area contributed by atoms with E-state index in [4.69, 9.17) is 4.74 Å². The molecule has 0 aliphatic carbocycles. The zero-order valence-electron chi connectivity index (χ0n) is 13.6. The number of ether oxygens (including phenoxy) is 1. The number of piperidine rings is 1. The molecule has 6 heteroatoms. The minimum absolute atomic E-state index is 0.0902. The van der Waals surface area contributed by atoms with Crippen molar-refractivity contribution in [3.63, 3.8) is 0 Å². The summed E-state index contributed by atoms with van der Waals surface area (Å²) >= 11 is 0. The number of likely N-dealkylation sites (N-methyl/N-ethyl adjacent to an activating group) is 1. The maximum Gasteiger partial charge on any atom is 0.227 e. The van der Waals surface area contributed by atoms with Gasteiger partial charge in [0.25, 0.3) is 0 Å². The molecule has 0 unspecified atom stereocenters. The molecule has 0 bridgehead atoms. The minimum Gasteiger partial charge on any atom is -0.383 e. The lowest BCUT2D eigenvalue weighted by atomic mass is 9.95. The van der Waals surface area contributed by atoms with Crippen LogP contribution in [0.1, 0.15) is 18.4 Å². The van der Waals surface area contributed by atoms with Crippen LogP contribution in [0.4, 0.5) is 10.1 Å². The summed E-state index contributed by atoms with van der Waals surface area (Å²) in [5.41, 5.74) is 1.01. The number of methoxy groups -OCH3 is 1. The topological polar surface area (TPSA) is 56.6 Å². The Morgan fingerprint density at radius 2 is 2.35 bits per heavy atom. The first-order valence-corrected chi connectivity index (χ1v) is 7.75. The largest absolute Gasteiger partial charge is 0.383 e. The van der Waals surface area contributed by atoms with Crippen molar-refractivity contribution in [1.29, 1.82) is 5.26 Å². The number of carbonyl (C=O) groups is 1. The summed E-state index contributed by atoms with van der Waals surface area (Å²) in [6.45, 7) is 2.39. The van der Waals surface area contributed by atoms with E-state index in [-0.39, 0.29) is 11.8 Å². The number of benzene rings is 1. The molecule has 0 aromatic heterocycles. The lowest BCUT2D eigenvalue weighted by Gasteiger charge is -2.35. The molecule has 0 N–H and O–H groups in total. The van der Waals surface area contributed by atoms with E-state index in [2.05, 4.69) is 0 Å². The van der Waals surface area contributed by atoms with Crippen LogP contribution in [0.15, 0.2) is 18.2 Å². The van der Waals surface area contributed by atoms with E-state index in [1.54, 1.807) is 25.1 Å². The highest BCUT2D eigenvalue weighted by atomic mass is 19.1. The fourth-order valence-electron chi connectivity index (χ4n) is 2.92. The Kier molecular flexibility index (Phi) is 5.94. The van der Waals surface area contributed by atoms with Crippen molar-refractivity contribution < 1.29 is 13.9 Å². The Balaban J connectivity index is 2.09. The van der Waals surface area contributed by atoms with Gasteiger partial charge in [0, 0.05) is 33.8 Å². The van der Waals surface area contributed by atoms with Crippen LogP contribution >= 0.6 is 0 Å². The molecule has 0 spiro atoms. The molecule has 0 saturated carbocycles. The number of amides is 1. The lowest BCUT2D eigenvalue weighted by Crippen LogP contribution is -2.44. The standard InChI is InChI=1S/C17H22FN3O2/c1-20(8-9-23-2)17(22)13-4-3-7-21(12-13)16-6-5-15(18)10-14(16)11-19/h5-6,10,13H,3-4,7-9,12H2,1-2H3/t13-/m0/s1. The number of halogens is 1. The molecule has 1 aromatic carbocycles. The highest BCUT2D eigenvalue weighted by molar-refractivity contribution is 5.79. The summed E-state index contributed by atoms with van der Waals surface area (Å²) in [7, 11) is 3.39. The zero-order valence-corrected chi connectivity index (χ0v) is 13.6. The summed E-state index contributed by atoms with van der Waals surface area (Å²) in [4.78, 5) is 16.2. The van der Waals surface area contributed by atoms with Crippen molar-refractivity contribution in [2.75, 3.05) is 45.3 Å². The number of rotatable bonds is 5. The first-order valence-electron chi connectivity index (χ1n) is 7.75. The zero-order chi connectivity index (χ0) is 16.8. The fraction of sp³-hybridized carbons (Fsp3) is 0.529. The van der Waals surface area contributed by atoms with Crippen LogP contribution < -0.4 is 4.90 Å². The third kappa shape index (κ3) is 4.20. The highest BCUT2D eigenvalue weighted by Crippen LogP contribution is 2.27. The molecule has 1 heterocycles. The molecular formula is C17H22FN3O2. The monoisotopic (exact) mass is 319 g/mol. The number of carbonyl (C=O) groups excluding carboxylic acids is 1. The summed E-state index contributed by atoms with van der Waals surface area (Å²) < 4.78 is 18.3. The van der Waals surface area contributed by atoms with Crippen LogP contribution in [-0.4, -0.2) is 51.2 Å². The van der Waals surface area contributed by atoms with Crippen LogP contribution in [-0.2, 0) is 9.53 Å². The summed E-state index contributed by atoms with van der Waals surface area (Å²) in [6.07, 6.45) is 1.70. The molecule has 5 nitrogen and oxygen atoms in total. The third-order valence-corrected chi connectivity index (χ3v) is 4.20. The summed E-state index contributed by atoms with van der Waals surface area (Å²) in [5.74, 6) is -0.441. The normalized spacial score (nSPS) is 17.7. The first kappa shape index (κ1) is 17.2. The van der Waals surface area contributed by atoms with E-state index < -0.39 is 5.82 Å². The van der Waals surface area contributed by atoms with Gasteiger partial charge in [-0.1, -0.05) is 0 Å². The van der Waals surface area contributed by atoms with Gasteiger partial charge >= 0.3 is 0 Å². The Bertz CT molecular complexity index is 600. The van der Waals surface area contributed by atoms with Gasteiger partial charge in [-0.05, 0) is 31.0 Å². The van der Waals surface area contributed by atoms with Crippen molar-refractivity contribution in [3.05, 3.63) is 29.6 Å². The second kappa shape index (κ2) is 7.93. The highest BCUT2D eigenvalue weighted by Gasteiger charge is 2.28. The van der Waals surface area contributed by atoms with Crippen molar-refractivity contribution in [1.82, 2.24) is 4.90 Å². The second-order valence-electron chi connectivity index (χ2n) is 5.81. The predicted octanol–water partition coefficient (Wildman–Crippen LogP) is 2.02. The maximum atomic E-state index is 13.3. The maximum absolute atomic E-state index is 13.3. The minimum atomic E-state index is -0.422. The Morgan fingerprint density at radius 1 is 1.57 bits per heavy atom. The Hall–Kier alpha value is -2.13. The van der Waals surface area contributed by atoms with Crippen molar-refractivity contribution in [3.8, 4) is 6.07 Å². The average molecular weight is 319 g/mol. The molecule has 23 heavy (non-hydrogen) atoms. The fourth-order valence-corrected chi connectivity index (χ4v) is 2.92. The Morgan fingerprint density at radius 3 is 3.04 bits per heavy atom.